The molecular weight excluding hydrogens is 193 g/mol. The fourth-order valence-corrected chi connectivity index (χ4v) is 1.60. The molecule has 0 amide bonds. The number of halogens is 1. The van der Waals surface area contributed by atoms with E-state index in [1.54, 1.807) is 13.2 Å². The van der Waals surface area contributed by atoms with Crippen molar-refractivity contribution < 1.29 is 9.13 Å². The zero-order valence-electron chi connectivity index (χ0n) is 9.56. The van der Waals surface area contributed by atoms with E-state index in [1.807, 2.05) is 20.0 Å². The van der Waals surface area contributed by atoms with E-state index in [0.717, 1.165) is 18.5 Å². The second-order valence-corrected chi connectivity index (χ2v) is 3.47. The van der Waals surface area contributed by atoms with Crippen molar-refractivity contribution in [2.45, 2.75) is 19.8 Å². The molecule has 0 aliphatic heterocycles. The number of nitrogens with one attached hydrogen (secondary N) is 1. The molecule has 0 aliphatic rings. The number of rotatable bonds is 5. The molecule has 2 nitrogen and oxygen atoms in total. The molecule has 0 aromatic heterocycles. The second kappa shape index (κ2) is 5.71. The maximum Gasteiger partial charge on any atom is 0.130 e. The molecule has 0 aliphatic carbocycles. The molecule has 1 N–H and O–H groups in total. The lowest BCUT2D eigenvalue weighted by Gasteiger charge is -2.10. The van der Waals surface area contributed by atoms with Crippen LogP contribution in [0.2, 0.25) is 0 Å². The van der Waals surface area contributed by atoms with Crippen molar-refractivity contribution in [3.63, 3.8) is 0 Å². The summed E-state index contributed by atoms with van der Waals surface area (Å²) in [6, 6.07) is 3.51. The van der Waals surface area contributed by atoms with Crippen LogP contribution in [0.3, 0.4) is 0 Å². The number of benzene rings is 1. The highest BCUT2D eigenvalue weighted by Gasteiger charge is 2.09. The summed E-state index contributed by atoms with van der Waals surface area (Å²) in [7, 11) is 3.46. The van der Waals surface area contributed by atoms with Crippen molar-refractivity contribution in [1.82, 2.24) is 5.32 Å². The van der Waals surface area contributed by atoms with Gasteiger partial charge in [0.15, 0.2) is 0 Å². The van der Waals surface area contributed by atoms with E-state index in [1.165, 1.54) is 0 Å². The molecule has 0 atom stereocenters. The molecule has 0 bridgehead atoms. The normalized spacial score (nSPS) is 10.4. The lowest BCUT2D eigenvalue weighted by atomic mass is 10.1. The van der Waals surface area contributed by atoms with Gasteiger partial charge in [0.1, 0.15) is 11.6 Å². The largest absolute Gasteiger partial charge is 0.496 e. The Labute approximate surface area is 90.4 Å². The summed E-state index contributed by atoms with van der Waals surface area (Å²) >= 11 is 0. The average molecular weight is 211 g/mol. The van der Waals surface area contributed by atoms with Crippen LogP contribution in [-0.2, 0) is 12.8 Å². The molecule has 1 rings (SSSR count). The van der Waals surface area contributed by atoms with Crippen molar-refractivity contribution in [3.05, 3.63) is 29.1 Å². The van der Waals surface area contributed by atoms with Gasteiger partial charge in [-0.05, 0) is 44.1 Å². The molecule has 0 saturated carbocycles. The molecule has 0 radical (unpaired) electrons. The zero-order chi connectivity index (χ0) is 11.3. The number of likely N-dealkylation sites (N-methyl/N-ethyl adjacent to an activating group) is 1. The number of hydrogen-bond donors (Lipinski definition) is 1. The predicted molar refractivity (Wildman–Crippen MR) is 60.0 cm³/mol. The van der Waals surface area contributed by atoms with Crippen molar-refractivity contribution in [1.29, 1.82) is 0 Å². The Balaban J connectivity index is 2.97. The summed E-state index contributed by atoms with van der Waals surface area (Å²) in [5.41, 5.74) is 1.63. The maximum absolute atomic E-state index is 13.6. The van der Waals surface area contributed by atoms with Crippen molar-refractivity contribution in [2.24, 2.45) is 0 Å². The van der Waals surface area contributed by atoms with Crippen molar-refractivity contribution in [2.75, 3.05) is 20.7 Å². The third-order valence-corrected chi connectivity index (χ3v) is 2.45. The number of ether oxygens (including phenoxy) is 1. The Morgan fingerprint density at radius 2 is 2.13 bits per heavy atom. The summed E-state index contributed by atoms with van der Waals surface area (Å²) in [4.78, 5) is 0. The predicted octanol–water partition coefficient (Wildman–Crippen LogP) is 2.16. The van der Waals surface area contributed by atoms with Crippen molar-refractivity contribution in [3.8, 4) is 5.75 Å². The fraction of sp³-hybridized carbons (Fsp3) is 0.500. The molecule has 15 heavy (non-hydrogen) atoms. The van der Waals surface area contributed by atoms with Gasteiger partial charge >= 0.3 is 0 Å². The highest BCUT2D eigenvalue weighted by Crippen LogP contribution is 2.24. The van der Waals surface area contributed by atoms with Gasteiger partial charge in [0.25, 0.3) is 0 Å². The SMILES string of the molecule is CCc1c(F)cc(CCNC)cc1OC. The van der Waals surface area contributed by atoms with Gasteiger partial charge in [-0.2, -0.15) is 0 Å². The maximum atomic E-state index is 13.6. The quantitative estimate of drug-likeness (QED) is 0.805. The van der Waals surface area contributed by atoms with Gasteiger partial charge in [0, 0.05) is 5.56 Å². The van der Waals surface area contributed by atoms with Crippen LogP contribution in [0.25, 0.3) is 0 Å². The molecule has 84 valence electrons. The molecule has 3 heteroatoms. The number of hydrogen-bond acceptors (Lipinski definition) is 2. The Kier molecular flexibility index (Phi) is 4.56. The summed E-state index contributed by atoms with van der Waals surface area (Å²) in [5, 5.41) is 3.04. The van der Waals surface area contributed by atoms with Crippen LogP contribution in [0.1, 0.15) is 18.1 Å². The van der Waals surface area contributed by atoms with Gasteiger partial charge in [-0.15, -0.1) is 0 Å². The van der Waals surface area contributed by atoms with E-state index in [-0.39, 0.29) is 5.82 Å². The lowest BCUT2D eigenvalue weighted by molar-refractivity contribution is 0.404. The Bertz CT molecular complexity index is 326. The van der Waals surface area contributed by atoms with E-state index >= 15 is 0 Å². The van der Waals surface area contributed by atoms with Gasteiger partial charge in [-0.25, -0.2) is 4.39 Å². The van der Waals surface area contributed by atoms with Crippen molar-refractivity contribution >= 4 is 0 Å². The van der Waals surface area contributed by atoms with Crippen LogP contribution in [-0.4, -0.2) is 20.7 Å². The Morgan fingerprint density at radius 3 is 2.67 bits per heavy atom. The molecule has 0 saturated heterocycles. The fourth-order valence-electron chi connectivity index (χ4n) is 1.60. The van der Waals surface area contributed by atoms with Crippen LogP contribution in [0.4, 0.5) is 4.39 Å². The molecule has 1 aromatic carbocycles. The average Bonchev–Trinajstić information content (AvgIpc) is 2.25. The van der Waals surface area contributed by atoms with E-state index in [4.69, 9.17) is 4.74 Å². The summed E-state index contributed by atoms with van der Waals surface area (Å²) < 4.78 is 18.8. The smallest absolute Gasteiger partial charge is 0.130 e. The topological polar surface area (TPSA) is 21.3 Å². The Morgan fingerprint density at radius 1 is 1.40 bits per heavy atom. The van der Waals surface area contributed by atoms with Crippen LogP contribution in [0.5, 0.6) is 5.75 Å². The summed E-state index contributed by atoms with van der Waals surface area (Å²) in [5.74, 6) is 0.492. The van der Waals surface area contributed by atoms with E-state index in [2.05, 4.69) is 5.32 Å². The van der Waals surface area contributed by atoms with Crippen LogP contribution in [0.15, 0.2) is 12.1 Å². The van der Waals surface area contributed by atoms with E-state index in [0.29, 0.717) is 17.7 Å². The summed E-state index contributed by atoms with van der Waals surface area (Å²) in [6.45, 7) is 2.77. The van der Waals surface area contributed by atoms with Crippen LogP contribution < -0.4 is 10.1 Å². The summed E-state index contributed by atoms with van der Waals surface area (Å²) in [6.07, 6.45) is 1.47. The number of methoxy groups -OCH3 is 1. The van der Waals surface area contributed by atoms with E-state index in [9.17, 15) is 4.39 Å². The van der Waals surface area contributed by atoms with Gasteiger partial charge in [0.2, 0.25) is 0 Å². The minimum Gasteiger partial charge on any atom is -0.496 e. The third kappa shape index (κ3) is 2.93. The van der Waals surface area contributed by atoms with Gasteiger partial charge < -0.3 is 10.1 Å². The minimum absolute atomic E-state index is 0.164. The molecule has 0 unspecified atom stereocenters. The monoisotopic (exact) mass is 211 g/mol. The van der Waals surface area contributed by atoms with Crippen LogP contribution >= 0.6 is 0 Å². The lowest BCUT2D eigenvalue weighted by Crippen LogP contribution is -2.10. The van der Waals surface area contributed by atoms with Gasteiger partial charge in [-0.1, -0.05) is 6.92 Å². The van der Waals surface area contributed by atoms with E-state index < -0.39 is 0 Å². The highest BCUT2D eigenvalue weighted by atomic mass is 19.1. The van der Waals surface area contributed by atoms with Gasteiger partial charge in [-0.3, -0.25) is 0 Å². The molecule has 0 heterocycles. The third-order valence-electron chi connectivity index (χ3n) is 2.45. The first-order chi connectivity index (χ1) is 7.22. The second-order valence-electron chi connectivity index (χ2n) is 3.47. The zero-order valence-corrected chi connectivity index (χ0v) is 9.56. The Hall–Kier alpha value is -1.09. The molecule has 0 spiro atoms. The first-order valence-corrected chi connectivity index (χ1v) is 5.22. The first kappa shape index (κ1) is 12.0. The van der Waals surface area contributed by atoms with Crippen LogP contribution in [0, 0.1) is 5.82 Å². The molecule has 1 aromatic rings. The first-order valence-electron chi connectivity index (χ1n) is 5.22. The van der Waals surface area contributed by atoms with Gasteiger partial charge in [0.05, 0.1) is 7.11 Å². The standard InChI is InChI=1S/C12H18FNO/c1-4-10-11(13)7-9(5-6-14-2)8-12(10)15-3/h7-8,14H,4-6H2,1-3H3. The molecule has 0 fully saturated rings. The minimum atomic E-state index is -0.164. The molecular formula is C12H18FNO. The highest BCUT2D eigenvalue weighted by molar-refractivity contribution is 5.39.